The van der Waals surface area contributed by atoms with E-state index in [2.05, 4.69) is 10.2 Å². The smallest absolute Gasteiger partial charge is 0.254 e. The second-order valence-electron chi connectivity index (χ2n) is 8.04. The average molecular weight is 480 g/mol. The van der Waals surface area contributed by atoms with E-state index >= 15 is 0 Å². The maximum absolute atomic E-state index is 13.1. The van der Waals surface area contributed by atoms with Gasteiger partial charge in [-0.1, -0.05) is 12.1 Å². The Morgan fingerprint density at radius 1 is 1.03 bits per heavy atom. The number of halogens is 1. The lowest BCUT2D eigenvalue weighted by molar-refractivity contribution is -0.111. The van der Waals surface area contributed by atoms with Crippen LogP contribution in [0.2, 0.25) is 0 Å². The van der Waals surface area contributed by atoms with Gasteiger partial charge in [-0.05, 0) is 61.2 Å². The normalized spacial score (nSPS) is 14.4. The molecule has 0 unspecified atom stereocenters. The number of ether oxygens (including phenoxy) is 1. The standard InChI is InChI=1S/C26H26FN3O3S/c1-29-13-15-30(16-14-29)26(32)19-5-10-23(33-2)22(17-19)28-25(31)12-9-21-8-11-24(34-21)18-3-6-20(27)7-4-18/h3-12,17H,13-16H2,1-2H3,(H,28,31). The number of methoxy groups -OCH3 is 1. The number of thiophene rings is 1. The van der Waals surface area contributed by atoms with E-state index < -0.39 is 0 Å². The Balaban J connectivity index is 1.44. The van der Waals surface area contributed by atoms with Crippen LogP contribution >= 0.6 is 11.3 Å². The predicted molar refractivity (Wildman–Crippen MR) is 134 cm³/mol. The predicted octanol–water partition coefficient (Wildman–Crippen LogP) is 4.60. The fourth-order valence-corrected chi connectivity index (χ4v) is 4.59. The second-order valence-corrected chi connectivity index (χ2v) is 9.16. The third kappa shape index (κ3) is 5.70. The van der Waals surface area contributed by atoms with Crippen LogP contribution in [0.15, 0.2) is 60.7 Å². The molecule has 34 heavy (non-hydrogen) atoms. The van der Waals surface area contributed by atoms with Gasteiger partial charge in [-0.15, -0.1) is 11.3 Å². The molecule has 1 saturated heterocycles. The van der Waals surface area contributed by atoms with Crippen molar-refractivity contribution in [2.45, 2.75) is 0 Å². The van der Waals surface area contributed by atoms with Crippen LogP contribution in [0.25, 0.3) is 16.5 Å². The van der Waals surface area contributed by atoms with Crippen LogP contribution in [0.4, 0.5) is 10.1 Å². The Bertz CT molecular complexity index is 1200. The van der Waals surface area contributed by atoms with Gasteiger partial charge in [0.05, 0.1) is 12.8 Å². The monoisotopic (exact) mass is 479 g/mol. The second kappa shape index (κ2) is 10.6. The van der Waals surface area contributed by atoms with E-state index in [9.17, 15) is 14.0 Å². The molecule has 1 N–H and O–H groups in total. The molecule has 0 bridgehead atoms. The number of nitrogens with one attached hydrogen (secondary N) is 1. The molecule has 1 fully saturated rings. The number of piperazine rings is 1. The summed E-state index contributed by atoms with van der Waals surface area (Å²) in [5.74, 6) is -0.193. The van der Waals surface area contributed by atoms with Crippen molar-refractivity contribution in [1.29, 1.82) is 0 Å². The number of likely N-dealkylation sites (N-methyl/N-ethyl adjacent to an activating group) is 1. The highest BCUT2D eigenvalue weighted by molar-refractivity contribution is 7.16. The van der Waals surface area contributed by atoms with Crippen molar-refractivity contribution >= 4 is 34.9 Å². The number of carbonyl (C=O) groups is 2. The third-order valence-electron chi connectivity index (χ3n) is 5.65. The van der Waals surface area contributed by atoms with Crippen LogP contribution in [-0.2, 0) is 4.79 Å². The molecule has 0 saturated carbocycles. The van der Waals surface area contributed by atoms with Crippen LogP contribution in [-0.4, -0.2) is 62.0 Å². The topological polar surface area (TPSA) is 61.9 Å². The minimum absolute atomic E-state index is 0.0614. The molecule has 1 aromatic heterocycles. The summed E-state index contributed by atoms with van der Waals surface area (Å²) >= 11 is 1.50. The van der Waals surface area contributed by atoms with Gasteiger partial charge in [0.2, 0.25) is 5.91 Å². The minimum Gasteiger partial charge on any atom is -0.495 e. The van der Waals surface area contributed by atoms with E-state index in [-0.39, 0.29) is 17.6 Å². The molecule has 176 valence electrons. The van der Waals surface area contributed by atoms with Crippen LogP contribution < -0.4 is 10.1 Å². The van der Waals surface area contributed by atoms with Crippen LogP contribution in [0, 0.1) is 5.82 Å². The van der Waals surface area contributed by atoms with Crippen molar-refractivity contribution in [2.24, 2.45) is 0 Å². The Hall–Kier alpha value is -3.49. The highest BCUT2D eigenvalue weighted by Crippen LogP contribution is 2.29. The van der Waals surface area contributed by atoms with Crippen molar-refractivity contribution in [3.63, 3.8) is 0 Å². The zero-order chi connectivity index (χ0) is 24.1. The molecule has 2 aromatic carbocycles. The van der Waals surface area contributed by atoms with Crippen molar-refractivity contribution in [3.05, 3.63) is 76.9 Å². The minimum atomic E-state index is -0.334. The highest BCUT2D eigenvalue weighted by Gasteiger charge is 2.21. The lowest BCUT2D eigenvalue weighted by Crippen LogP contribution is -2.47. The first-order valence-corrected chi connectivity index (χ1v) is 11.8. The van der Waals surface area contributed by atoms with Crippen molar-refractivity contribution in [3.8, 4) is 16.2 Å². The fourth-order valence-electron chi connectivity index (χ4n) is 3.67. The van der Waals surface area contributed by atoms with Crippen LogP contribution in [0.3, 0.4) is 0 Å². The summed E-state index contributed by atoms with van der Waals surface area (Å²) in [6.07, 6.45) is 3.16. The zero-order valence-corrected chi connectivity index (χ0v) is 19.9. The Morgan fingerprint density at radius 3 is 2.47 bits per heavy atom. The molecule has 1 aliphatic heterocycles. The number of hydrogen-bond donors (Lipinski definition) is 1. The van der Waals surface area contributed by atoms with Crippen LogP contribution in [0.5, 0.6) is 5.75 Å². The number of nitrogens with zero attached hydrogens (tertiary/aromatic N) is 2. The first-order valence-electron chi connectivity index (χ1n) is 10.9. The van der Waals surface area contributed by atoms with E-state index in [1.54, 1.807) is 36.4 Å². The first-order chi connectivity index (χ1) is 16.4. The van der Waals surface area contributed by atoms with Gasteiger partial charge in [-0.3, -0.25) is 9.59 Å². The molecule has 0 atom stereocenters. The molecule has 3 aromatic rings. The number of amides is 2. The Kier molecular flexibility index (Phi) is 7.40. The summed E-state index contributed by atoms with van der Waals surface area (Å²) < 4.78 is 18.5. The number of carbonyl (C=O) groups excluding carboxylic acids is 2. The average Bonchev–Trinajstić information content (AvgIpc) is 3.32. The van der Waals surface area contributed by atoms with Crippen molar-refractivity contribution in [1.82, 2.24) is 9.80 Å². The molecule has 6 nitrogen and oxygen atoms in total. The summed E-state index contributed by atoms with van der Waals surface area (Å²) in [5, 5.41) is 2.81. The lowest BCUT2D eigenvalue weighted by atomic mass is 10.1. The van der Waals surface area contributed by atoms with E-state index in [0.717, 1.165) is 28.4 Å². The molecule has 0 spiro atoms. The van der Waals surface area contributed by atoms with Crippen LogP contribution in [0.1, 0.15) is 15.2 Å². The molecule has 2 amide bonds. The van der Waals surface area contributed by atoms with E-state index in [1.165, 1.54) is 36.7 Å². The molecule has 0 aliphatic carbocycles. The maximum atomic E-state index is 13.1. The summed E-state index contributed by atoms with van der Waals surface area (Å²) in [6.45, 7) is 3.02. The summed E-state index contributed by atoms with van der Waals surface area (Å²) in [5.41, 5.74) is 1.87. The Morgan fingerprint density at radius 2 is 1.76 bits per heavy atom. The first kappa shape index (κ1) is 23.7. The molecule has 0 radical (unpaired) electrons. The maximum Gasteiger partial charge on any atom is 0.254 e. The number of rotatable bonds is 6. The van der Waals surface area contributed by atoms with Crippen molar-refractivity contribution < 1.29 is 18.7 Å². The summed E-state index contributed by atoms with van der Waals surface area (Å²) in [4.78, 5) is 31.4. The van der Waals surface area contributed by atoms with Gasteiger partial charge in [0, 0.05) is 47.6 Å². The van der Waals surface area contributed by atoms with Gasteiger partial charge < -0.3 is 19.9 Å². The van der Waals surface area contributed by atoms with Gasteiger partial charge >= 0.3 is 0 Å². The molecule has 4 rings (SSSR count). The largest absolute Gasteiger partial charge is 0.495 e. The van der Waals surface area contributed by atoms with Gasteiger partial charge in [-0.2, -0.15) is 0 Å². The van der Waals surface area contributed by atoms with E-state index in [4.69, 9.17) is 4.74 Å². The van der Waals surface area contributed by atoms with E-state index in [1.807, 2.05) is 24.1 Å². The Labute approximate surface area is 202 Å². The zero-order valence-electron chi connectivity index (χ0n) is 19.1. The highest BCUT2D eigenvalue weighted by atomic mass is 32.1. The number of benzene rings is 2. The molecular weight excluding hydrogens is 453 g/mol. The van der Waals surface area contributed by atoms with Gasteiger partial charge in [-0.25, -0.2) is 4.39 Å². The number of hydrogen-bond acceptors (Lipinski definition) is 5. The molecule has 2 heterocycles. The lowest BCUT2D eigenvalue weighted by Gasteiger charge is -2.32. The van der Waals surface area contributed by atoms with Gasteiger partial charge in [0.1, 0.15) is 11.6 Å². The molecular formula is C26H26FN3O3S. The number of anilines is 1. The van der Waals surface area contributed by atoms with Gasteiger partial charge in [0.25, 0.3) is 5.91 Å². The quantitative estimate of drug-likeness (QED) is 0.525. The fraction of sp³-hybridized carbons (Fsp3) is 0.231. The molecule has 1 aliphatic rings. The molecule has 8 heteroatoms. The third-order valence-corrected chi connectivity index (χ3v) is 6.75. The summed E-state index contributed by atoms with van der Waals surface area (Å²) in [7, 11) is 3.56. The SMILES string of the molecule is COc1ccc(C(=O)N2CCN(C)CC2)cc1NC(=O)C=Cc1ccc(-c2ccc(F)cc2)s1. The summed E-state index contributed by atoms with van der Waals surface area (Å²) in [6, 6.07) is 15.2. The van der Waals surface area contributed by atoms with E-state index in [0.29, 0.717) is 30.1 Å². The van der Waals surface area contributed by atoms with Crippen molar-refractivity contribution in [2.75, 3.05) is 45.7 Å². The van der Waals surface area contributed by atoms with Gasteiger partial charge in [0.15, 0.2) is 0 Å².